The molecule has 0 radical (unpaired) electrons. The van der Waals surface area contributed by atoms with E-state index in [2.05, 4.69) is 10.6 Å². The summed E-state index contributed by atoms with van der Waals surface area (Å²) in [6.07, 6.45) is 1.28. The molecule has 7 nitrogen and oxygen atoms in total. The van der Waals surface area contributed by atoms with Crippen molar-refractivity contribution >= 4 is 23.6 Å². The number of amides is 4. The van der Waals surface area contributed by atoms with Gasteiger partial charge in [-0.25, -0.2) is 4.79 Å². The van der Waals surface area contributed by atoms with Crippen molar-refractivity contribution in [2.75, 3.05) is 13.1 Å². The van der Waals surface area contributed by atoms with E-state index in [-0.39, 0.29) is 29.4 Å². The third-order valence-corrected chi connectivity index (χ3v) is 6.84. The summed E-state index contributed by atoms with van der Waals surface area (Å²) in [6.45, 7) is 6.78. The number of nitrogens with zero attached hydrogens (tertiary/aromatic N) is 1. The second-order valence-corrected chi connectivity index (χ2v) is 9.25. The maximum Gasteiger partial charge on any atom is 0.322 e. The second kappa shape index (κ2) is 8.81. The smallest absolute Gasteiger partial charge is 0.322 e. The highest BCUT2D eigenvalue weighted by Gasteiger charge is 2.50. The van der Waals surface area contributed by atoms with Crippen LogP contribution in [0.2, 0.25) is 0 Å². The van der Waals surface area contributed by atoms with E-state index < -0.39 is 11.6 Å². The number of benzene rings is 2. The van der Waals surface area contributed by atoms with E-state index in [0.717, 1.165) is 11.1 Å². The highest BCUT2D eigenvalue weighted by Crippen LogP contribution is 2.33. The second-order valence-electron chi connectivity index (χ2n) is 9.25. The molecule has 0 aliphatic carbocycles. The van der Waals surface area contributed by atoms with Gasteiger partial charge in [-0.15, -0.1) is 0 Å². The average Bonchev–Trinajstić information content (AvgIpc) is 3.13. The average molecular weight is 448 g/mol. The predicted molar refractivity (Wildman–Crippen MR) is 124 cm³/mol. The molecule has 172 valence electrons. The van der Waals surface area contributed by atoms with Gasteiger partial charge in [0.25, 0.3) is 11.8 Å². The fourth-order valence-electron chi connectivity index (χ4n) is 4.77. The van der Waals surface area contributed by atoms with Crippen molar-refractivity contribution in [3.63, 3.8) is 0 Å². The van der Waals surface area contributed by atoms with E-state index >= 15 is 0 Å². The maximum absolute atomic E-state index is 13.0. The first-order valence-corrected chi connectivity index (χ1v) is 11.4. The first-order chi connectivity index (χ1) is 15.7. The van der Waals surface area contributed by atoms with Gasteiger partial charge in [-0.05, 0) is 43.4 Å². The molecule has 0 saturated carbocycles. The number of imide groups is 1. The van der Waals surface area contributed by atoms with Gasteiger partial charge in [0.1, 0.15) is 5.54 Å². The highest BCUT2D eigenvalue weighted by molar-refractivity contribution is 6.07. The van der Waals surface area contributed by atoms with Crippen molar-refractivity contribution in [2.24, 2.45) is 11.8 Å². The van der Waals surface area contributed by atoms with E-state index in [1.165, 1.54) is 0 Å². The van der Waals surface area contributed by atoms with Gasteiger partial charge < -0.3 is 10.2 Å². The van der Waals surface area contributed by atoms with Gasteiger partial charge in [-0.3, -0.25) is 19.7 Å². The molecule has 2 heterocycles. The van der Waals surface area contributed by atoms with Crippen LogP contribution in [0.15, 0.2) is 48.5 Å². The maximum atomic E-state index is 13.0. The van der Waals surface area contributed by atoms with E-state index in [0.29, 0.717) is 37.1 Å². The van der Waals surface area contributed by atoms with Gasteiger partial charge in [0.15, 0.2) is 5.78 Å². The van der Waals surface area contributed by atoms with Gasteiger partial charge in [0.05, 0.1) is 0 Å². The normalized spacial score (nSPS) is 21.2. The fourth-order valence-corrected chi connectivity index (χ4v) is 4.77. The quantitative estimate of drug-likeness (QED) is 0.542. The minimum absolute atomic E-state index is 0.0745. The van der Waals surface area contributed by atoms with Crippen LogP contribution in [-0.2, 0) is 10.3 Å². The van der Waals surface area contributed by atoms with Gasteiger partial charge >= 0.3 is 6.03 Å². The van der Waals surface area contributed by atoms with Crippen LogP contribution in [0.3, 0.4) is 0 Å². The predicted octanol–water partition coefficient (Wildman–Crippen LogP) is 3.42. The summed E-state index contributed by atoms with van der Waals surface area (Å²) in [5, 5.41) is 5.06. The van der Waals surface area contributed by atoms with Gasteiger partial charge in [0.2, 0.25) is 0 Å². The molecule has 0 bridgehead atoms. The Kier molecular flexibility index (Phi) is 6.06. The molecule has 7 heteroatoms. The molecule has 2 aromatic rings. The summed E-state index contributed by atoms with van der Waals surface area (Å²) >= 11 is 0. The Balaban J connectivity index is 1.42. The number of likely N-dealkylation sites (tertiary alicyclic amines) is 1. The van der Waals surface area contributed by atoms with Crippen molar-refractivity contribution in [1.82, 2.24) is 15.5 Å². The van der Waals surface area contributed by atoms with E-state index in [9.17, 15) is 19.2 Å². The molecule has 2 aliphatic rings. The molecular weight excluding hydrogens is 418 g/mol. The van der Waals surface area contributed by atoms with Gasteiger partial charge in [0, 0.05) is 30.1 Å². The lowest BCUT2D eigenvalue weighted by Gasteiger charge is -2.32. The molecule has 2 aliphatic heterocycles. The summed E-state index contributed by atoms with van der Waals surface area (Å²) in [5.74, 6) is -0.587. The number of carbonyl (C=O) groups excluding carboxylic acids is 4. The van der Waals surface area contributed by atoms with E-state index in [1.807, 2.05) is 45.0 Å². The van der Waals surface area contributed by atoms with Crippen LogP contribution in [0.4, 0.5) is 4.79 Å². The SMILES string of the molecule is Cc1ccc(C(=O)C2CCN(C(=O)c3ccc(C4(C(C)C)NC(=O)NC4=O)cc3)CC2)cc1. The first kappa shape index (κ1) is 22.7. The zero-order valence-electron chi connectivity index (χ0n) is 19.2. The minimum atomic E-state index is -1.15. The number of piperidine rings is 1. The Morgan fingerprint density at radius 2 is 1.52 bits per heavy atom. The monoisotopic (exact) mass is 447 g/mol. The Labute approximate surface area is 193 Å². The number of aryl methyl sites for hydroxylation is 1. The van der Waals surface area contributed by atoms with Crippen molar-refractivity contribution in [1.29, 1.82) is 0 Å². The standard InChI is InChI=1S/C26H29N3O4/c1-16(2)26(24(32)27-25(33)28-26)21-10-8-20(9-11-21)23(31)29-14-12-19(13-15-29)22(30)18-6-4-17(3)5-7-18/h4-11,16,19H,12-15H2,1-3H3,(H2,27,28,32,33). The molecule has 4 rings (SSSR count). The Bertz CT molecular complexity index is 1080. The zero-order valence-corrected chi connectivity index (χ0v) is 19.2. The Morgan fingerprint density at radius 3 is 2.03 bits per heavy atom. The first-order valence-electron chi connectivity index (χ1n) is 11.4. The Hall–Kier alpha value is -3.48. The van der Waals surface area contributed by atoms with E-state index in [1.54, 1.807) is 29.2 Å². The number of rotatable bonds is 5. The summed E-state index contributed by atoms with van der Waals surface area (Å²) < 4.78 is 0. The number of carbonyl (C=O) groups is 4. The molecule has 4 amide bonds. The molecule has 2 N–H and O–H groups in total. The molecule has 1 atom stereocenters. The Morgan fingerprint density at radius 1 is 0.939 bits per heavy atom. The van der Waals surface area contributed by atoms with Gasteiger partial charge in [-0.1, -0.05) is 55.8 Å². The molecule has 0 spiro atoms. The molecule has 33 heavy (non-hydrogen) atoms. The number of urea groups is 1. The van der Waals surface area contributed by atoms with Crippen LogP contribution < -0.4 is 10.6 Å². The third-order valence-electron chi connectivity index (χ3n) is 6.84. The molecular formula is C26H29N3O4. The van der Waals surface area contributed by atoms with Crippen molar-refractivity contribution in [2.45, 2.75) is 39.2 Å². The van der Waals surface area contributed by atoms with Crippen LogP contribution in [0, 0.1) is 18.8 Å². The number of hydrogen-bond acceptors (Lipinski definition) is 4. The summed E-state index contributed by atoms with van der Waals surface area (Å²) in [7, 11) is 0. The highest BCUT2D eigenvalue weighted by atomic mass is 16.2. The number of hydrogen-bond donors (Lipinski definition) is 2. The van der Waals surface area contributed by atoms with Crippen LogP contribution >= 0.6 is 0 Å². The molecule has 0 aromatic heterocycles. The van der Waals surface area contributed by atoms with Crippen molar-refractivity contribution < 1.29 is 19.2 Å². The fraction of sp³-hybridized carbons (Fsp3) is 0.385. The van der Waals surface area contributed by atoms with Crippen LogP contribution in [0.25, 0.3) is 0 Å². The zero-order chi connectivity index (χ0) is 23.8. The lowest BCUT2D eigenvalue weighted by atomic mass is 9.79. The minimum Gasteiger partial charge on any atom is -0.339 e. The largest absolute Gasteiger partial charge is 0.339 e. The van der Waals surface area contributed by atoms with Crippen molar-refractivity contribution in [3.8, 4) is 0 Å². The molecule has 1 unspecified atom stereocenters. The lowest BCUT2D eigenvalue weighted by molar-refractivity contribution is -0.125. The third kappa shape index (κ3) is 4.15. The number of ketones is 1. The topological polar surface area (TPSA) is 95.6 Å². The lowest BCUT2D eigenvalue weighted by Crippen LogP contribution is -2.48. The number of nitrogens with one attached hydrogen (secondary N) is 2. The van der Waals surface area contributed by atoms with Crippen molar-refractivity contribution in [3.05, 3.63) is 70.8 Å². The van der Waals surface area contributed by atoms with Crippen LogP contribution in [-0.4, -0.2) is 41.6 Å². The summed E-state index contributed by atoms with van der Waals surface area (Å²) in [6, 6.07) is 14.0. The number of Topliss-reactive ketones (excluding diaryl/α,β-unsaturated/α-hetero) is 1. The summed E-state index contributed by atoms with van der Waals surface area (Å²) in [4.78, 5) is 51.9. The molecule has 2 fully saturated rings. The van der Waals surface area contributed by atoms with Gasteiger partial charge in [-0.2, -0.15) is 0 Å². The summed E-state index contributed by atoms with van der Waals surface area (Å²) in [5.41, 5.74) is 1.86. The van der Waals surface area contributed by atoms with E-state index in [4.69, 9.17) is 0 Å². The molecule has 2 saturated heterocycles. The van der Waals surface area contributed by atoms with Crippen LogP contribution in [0.5, 0.6) is 0 Å². The van der Waals surface area contributed by atoms with Crippen LogP contribution in [0.1, 0.15) is 58.5 Å². The molecule has 2 aromatic carbocycles.